The van der Waals surface area contributed by atoms with Gasteiger partial charge in [0.15, 0.2) is 5.16 Å². The van der Waals surface area contributed by atoms with E-state index < -0.39 is 0 Å². The number of hydrogen-bond acceptors (Lipinski definition) is 4. The van der Waals surface area contributed by atoms with Crippen molar-refractivity contribution in [1.29, 1.82) is 0 Å². The van der Waals surface area contributed by atoms with Crippen LogP contribution in [-0.2, 0) is 4.79 Å². The molecule has 1 amide bonds. The maximum atomic E-state index is 12.8. The molecule has 25 heavy (non-hydrogen) atoms. The van der Waals surface area contributed by atoms with E-state index in [1.807, 2.05) is 39.0 Å². The van der Waals surface area contributed by atoms with E-state index in [1.54, 1.807) is 10.6 Å². The van der Waals surface area contributed by atoms with E-state index in [9.17, 15) is 9.59 Å². The van der Waals surface area contributed by atoms with Crippen LogP contribution in [0.3, 0.4) is 0 Å². The van der Waals surface area contributed by atoms with Gasteiger partial charge in [-0.05, 0) is 45.7 Å². The summed E-state index contributed by atoms with van der Waals surface area (Å²) in [5.74, 6) is 0.0228. The number of nitrogens with one attached hydrogen (secondary N) is 1. The number of fused-ring (bicyclic) bond motifs is 1. The normalized spacial score (nSPS) is 16.5. The monoisotopic (exact) mass is 359 g/mol. The van der Waals surface area contributed by atoms with Gasteiger partial charge in [-0.25, -0.2) is 4.98 Å². The zero-order valence-corrected chi connectivity index (χ0v) is 15.8. The van der Waals surface area contributed by atoms with Crippen LogP contribution >= 0.6 is 11.8 Å². The topological polar surface area (TPSA) is 64.0 Å². The highest BCUT2D eigenvalue weighted by Crippen LogP contribution is 2.25. The van der Waals surface area contributed by atoms with Crippen molar-refractivity contribution in [3.63, 3.8) is 0 Å². The summed E-state index contributed by atoms with van der Waals surface area (Å²) in [6.07, 6.45) is 4.50. The van der Waals surface area contributed by atoms with E-state index >= 15 is 0 Å². The van der Waals surface area contributed by atoms with Gasteiger partial charge in [0.1, 0.15) is 0 Å². The first-order valence-electron chi connectivity index (χ1n) is 8.95. The zero-order valence-electron chi connectivity index (χ0n) is 15.0. The molecule has 0 aliphatic heterocycles. The molecule has 0 bridgehead atoms. The fraction of sp³-hybridized carbons (Fsp3) is 0.526. The molecular formula is C19H25N3O2S. The van der Waals surface area contributed by atoms with Gasteiger partial charge >= 0.3 is 0 Å². The summed E-state index contributed by atoms with van der Waals surface area (Å²) in [6.45, 7) is 5.80. The van der Waals surface area contributed by atoms with Crippen molar-refractivity contribution in [3.05, 3.63) is 34.6 Å². The van der Waals surface area contributed by atoms with Crippen molar-refractivity contribution in [3.8, 4) is 0 Å². The summed E-state index contributed by atoms with van der Waals surface area (Å²) in [7, 11) is 0. The Morgan fingerprint density at radius 1 is 1.24 bits per heavy atom. The predicted molar refractivity (Wildman–Crippen MR) is 102 cm³/mol. The van der Waals surface area contributed by atoms with Crippen LogP contribution in [0.4, 0.5) is 0 Å². The number of carbonyl (C=O) groups excluding carboxylic acids is 1. The molecule has 1 atom stereocenters. The Hall–Kier alpha value is -1.82. The average molecular weight is 359 g/mol. The van der Waals surface area contributed by atoms with Gasteiger partial charge in [0, 0.05) is 12.1 Å². The maximum absolute atomic E-state index is 12.8. The Labute approximate surface area is 152 Å². The van der Waals surface area contributed by atoms with Crippen molar-refractivity contribution < 1.29 is 4.79 Å². The summed E-state index contributed by atoms with van der Waals surface area (Å²) in [5, 5.41) is 4.05. The lowest BCUT2D eigenvalue weighted by Crippen LogP contribution is -2.38. The fourth-order valence-electron chi connectivity index (χ4n) is 3.26. The summed E-state index contributed by atoms with van der Waals surface area (Å²) in [4.78, 5) is 30.0. The molecule has 0 spiro atoms. The molecule has 2 aromatic rings. The summed E-state index contributed by atoms with van der Waals surface area (Å²) in [5.41, 5.74) is 0.627. The number of nitrogens with zero attached hydrogens (tertiary/aromatic N) is 2. The van der Waals surface area contributed by atoms with Crippen molar-refractivity contribution in [1.82, 2.24) is 14.9 Å². The van der Waals surface area contributed by atoms with E-state index in [-0.39, 0.29) is 22.8 Å². The smallest absolute Gasteiger partial charge is 0.262 e. The lowest BCUT2D eigenvalue weighted by Gasteiger charge is -2.20. The molecule has 1 N–H and O–H groups in total. The largest absolute Gasteiger partial charge is 0.352 e. The first-order valence-corrected chi connectivity index (χ1v) is 9.83. The molecule has 0 radical (unpaired) electrons. The maximum Gasteiger partial charge on any atom is 0.262 e. The Morgan fingerprint density at radius 2 is 1.92 bits per heavy atom. The van der Waals surface area contributed by atoms with Crippen LogP contribution in [0.15, 0.2) is 34.2 Å². The third kappa shape index (κ3) is 3.89. The van der Waals surface area contributed by atoms with Gasteiger partial charge in [-0.3, -0.25) is 14.2 Å². The predicted octanol–water partition coefficient (Wildman–Crippen LogP) is 3.52. The molecule has 1 aromatic carbocycles. The molecule has 134 valence electrons. The third-order valence-corrected chi connectivity index (χ3v) is 5.71. The number of para-hydroxylation sites is 1. The van der Waals surface area contributed by atoms with Crippen molar-refractivity contribution in [2.24, 2.45) is 0 Å². The van der Waals surface area contributed by atoms with Crippen molar-refractivity contribution in [2.75, 3.05) is 0 Å². The van der Waals surface area contributed by atoms with Crippen LogP contribution < -0.4 is 10.9 Å². The highest BCUT2D eigenvalue weighted by molar-refractivity contribution is 8.00. The molecule has 0 unspecified atom stereocenters. The van der Waals surface area contributed by atoms with E-state index in [1.165, 1.54) is 24.6 Å². The van der Waals surface area contributed by atoms with Gasteiger partial charge in [-0.2, -0.15) is 0 Å². The molecule has 5 nitrogen and oxygen atoms in total. The first-order chi connectivity index (χ1) is 12.0. The average Bonchev–Trinajstić information content (AvgIpc) is 3.07. The second-order valence-corrected chi connectivity index (χ2v) is 8.24. The van der Waals surface area contributed by atoms with Gasteiger partial charge in [0.05, 0.1) is 16.2 Å². The minimum absolute atomic E-state index is 0.0165. The number of hydrogen-bond donors (Lipinski definition) is 1. The van der Waals surface area contributed by atoms with Crippen LogP contribution in [0.2, 0.25) is 0 Å². The highest BCUT2D eigenvalue weighted by Gasteiger charge is 2.23. The van der Waals surface area contributed by atoms with E-state index in [0.29, 0.717) is 22.1 Å². The van der Waals surface area contributed by atoms with E-state index in [2.05, 4.69) is 10.3 Å². The lowest BCUT2D eigenvalue weighted by molar-refractivity contribution is -0.120. The second-order valence-electron chi connectivity index (χ2n) is 6.93. The quantitative estimate of drug-likeness (QED) is 0.655. The number of thioether (sulfide) groups is 1. The molecule has 1 aliphatic rings. The van der Waals surface area contributed by atoms with Gasteiger partial charge in [0.25, 0.3) is 5.56 Å². The van der Waals surface area contributed by atoms with E-state index in [0.717, 1.165) is 12.8 Å². The van der Waals surface area contributed by atoms with Gasteiger partial charge in [-0.1, -0.05) is 36.7 Å². The van der Waals surface area contributed by atoms with E-state index in [4.69, 9.17) is 0 Å². The van der Waals surface area contributed by atoms with Crippen molar-refractivity contribution in [2.45, 2.75) is 68.9 Å². The summed E-state index contributed by atoms with van der Waals surface area (Å²) in [6, 6.07) is 7.65. The number of carbonyl (C=O) groups is 1. The van der Waals surface area contributed by atoms with Gasteiger partial charge in [-0.15, -0.1) is 0 Å². The molecule has 1 fully saturated rings. The molecule has 1 heterocycles. The van der Waals surface area contributed by atoms with Crippen LogP contribution in [0.25, 0.3) is 10.9 Å². The molecule has 3 rings (SSSR count). The van der Waals surface area contributed by atoms with Crippen LogP contribution in [0.1, 0.15) is 52.5 Å². The Bertz CT molecular complexity index is 825. The third-order valence-electron chi connectivity index (χ3n) is 4.64. The highest BCUT2D eigenvalue weighted by atomic mass is 32.2. The molecule has 1 saturated carbocycles. The summed E-state index contributed by atoms with van der Waals surface area (Å²) >= 11 is 1.36. The molecular weight excluding hydrogens is 334 g/mol. The lowest BCUT2D eigenvalue weighted by atomic mass is 10.2. The van der Waals surface area contributed by atoms with Gasteiger partial charge < -0.3 is 5.32 Å². The number of amides is 1. The number of rotatable bonds is 5. The SMILES string of the molecule is CC(C)n1c(S[C@H](C)C(=O)NC2CCCC2)nc2ccccc2c1=O. The van der Waals surface area contributed by atoms with Crippen molar-refractivity contribution >= 4 is 28.6 Å². The fourth-order valence-corrected chi connectivity index (χ4v) is 4.31. The second kappa shape index (κ2) is 7.60. The van der Waals surface area contributed by atoms with Gasteiger partial charge in [0.2, 0.25) is 5.91 Å². The first kappa shape index (κ1) is 18.0. The summed E-state index contributed by atoms with van der Waals surface area (Å²) < 4.78 is 1.69. The Balaban J connectivity index is 1.87. The van der Waals surface area contributed by atoms with Crippen LogP contribution in [-0.4, -0.2) is 26.8 Å². The molecule has 6 heteroatoms. The molecule has 1 aliphatic carbocycles. The zero-order chi connectivity index (χ0) is 18.0. The van der Waals surface area contributed by atoms with Crippen LogP contribution in [0.5, 0.6) is 0 Å². The number of benzene rings is 1. The Kier molecular flexibility index (Phi) is 5.47. The molecule has 0 saturated heterocycles. The minimum Gasteiger partial charge on any atom is -0.352 e. The standard InChI is InChI=1S/C19H25N3O2S/c1-12(2)22-18(24)15-10-6-7-11-16(15)21-19(22)25-13(3)17(23)20-14-8-4-5-9-14/h6-7,10-14H,4-5,8-9H2,1-3H3,(H,20,23)/t13-/m1/s1. The minimum atomic E-state index is -0.293. The number of aromatic nitrogens is 2. The Morgan fingerprint density at radius 3 is 2.60 bits per heavy atom. The van der Waals surface area contributed by atoms with Crippen LogP contribution in [0, 0.1) is 0 Å². The molecule has 1 aromatic heterocycles.